The van der Waals surface area contributed by atoms with Crippen LogP contribution in [0.3, 0.4) is 0 Å². The summed E-state index contributed by atoms with van der Waals surface area (Å²) >= 11 is 0. The highest BCUT2D eigenvalue weighted by atomic mass is 16.6. The first-order chi connectivity index (χ1) is 9.71. The molecule has 0 aliphatic carbocycles. The number of hydrogen-bond donors (Lipinski definition) is 3. The van der Waals surface area contributed by atoms with Crippen LogP contribution in [-0.2, 0) is 4.74 Å². The molecule has 0 spiro atoms. The van der Waals surface area contributed by atoms with Crippen LogP contribution in [0.15, 0.2) is 0 Å². The summed E-state index contributed by atoms with van der Waals surface area (Å²) in [7, 11) is 0. The Morgan fingerprint density at radius 3 is 2.14 bits per heavy atom. The van der Waals surface area contributed by atoms with E-state index in [0.717, 1.165) is 25.8 Å². The van der Waals surface area contributed by atoms with Gasteiger partial charge in [0.25, 0.3) is 0 Å². The van der Waals surface area contributed by atoms with E-state index in [1.54, 1.807) is 0 Å². The summed E-state index contributed by atoms with van der Waals surface area (Å²) in [5.41, 5.74) is -0.545. The second-order valence-corrected chi connectivity index (χ2v) is 6.75. The molecule has 0 aliphatic heterocycles. The summed E-state index contributed by atoms with van der Waals surface area (Å²) in [6, 6.07) is 0.0324. The standard InChI is InChI=1S/C16H34N2O3/c1-7-13(18-14(20)21-15(4,5)6)10-17-11-16(8-2,9-3)12-19/h13,17,19H,7-12H2,1-6H3,(H,18,20). The third-order valence-corrected chi connectivity index (χ3v) is 3.94. The molecule has 5 nitrogen and oxygen atoms in total. The van der Waals surface area contributed by atoms with Crippen LogP contribution >= 0.6 is 0 Å². The number of aliphatic hydroxyl groups excluding tert-OH is 1. The highest BCUT2D eigenvalue weighted by Gasteiger charge is 2.25. The SMILES string of the molecule is CCC(CNCC(CC)(CC)CO)NC(=O)OC(C)(C)C. The van der Waals surface area contributed by atoms with Crippen LogP contribution in [0.25, 0.3) is 0 Å². The normalized spacial score (nSPS) is 13.9. The maximum Gasteiger partial charge on any atom is 0.407 e. The number of alkyl carbamates (subject to hydrolysis) is 1. The molecule has 0 aromatic carbocycles. The molecule has 0 saturated heterocycles. The van der Waals surface area contributed by atoms with E-state index in [9.17, 15) is 9.90 Å². The first kappa shape index (κ1) is 20.2. The van der Waals surface area contributed by atoms with Crippen LogP contribution in [0, 0.1) is 5.41 Å². The van der Waals surface area contributed by atoms with E-state index in [-0.39, 0.29) is 24.2 Å². The first-order valence-electron chi connectivity index (χ1n) is 8.03. The molecule has 0 aromatic heterocycles. The van der Waals surface area contributed by atoms with Gasteiger partial charge in [-0.05, 0) is 40.0 Å². The number of aliphatic hydroxyl groups is 1. The van der Waals surface area contributed by atoms with Gasteiger partial charge in [0.2, 0.25) is 0 Å². The van der Waals surface area contributed by atoms with Crippen molar-refractivity contribution in [1.82, 2.24) is 10.6 Å². The predicted molar refractivity (Wildman–Crippen MR) is 86.4 cm³/mol. The Morgan fingerprint density at radius 1 is 1.19 bits per heavy atom. The van der Waals surface area contributed by atoms with Crippen LogP contribution in [0.1, 0.15) is 60.8 Å². The minimum atomic E-state index is -0.480. The van der Waals surface area contributed by atoms with Gasteiger partial charge in [-0.15, -0.1) is 0 Å². The van der Waals surface area contributed by atoms with Crippen molar-refractivity contribution in [3.63, 3.8) is 0 Å². The molecule has 0 rings (SSSR count). The number of amides is 1. The molecule has 3 N–H and O–H groups in total. The van der Waals surface area contributed by atoms with E-state index in [0.29, 0.717) is 6.54 Å². The molecule has 0 fully saturated rings. The van der Waals surface area contributed by atoms with Gasteiger partial charge in [0, 0.05) is 31.2 Å². The second-order valence-electron chi connectivity index (χ2n) is 6.75. The molecule has 0 radical (unpaired) electrons. The minimum absolute atomic E-state index is 0.0324. The molecular weight excluding hydrogens is 268 g/mol. The van der Waals surface area contributed by atoms with Gasteiger partial charge in [0.1, 0.15) is 5.60 Å². The van der Waals surface area contributed by atoms with Crippen molar-refractivity contribution in [2.24, 2.45) is 5.41 Å². The molecule has 5 heteroatoms. The molecule has 1 unspecified atom stereocenters. The largest absolute Gasteiger partial charge is 0.444 e. The smallest absolute Gasteiger partial charge is 0.407 e. The summed E-state index contributed by atoms with van der Waals surface area (Å²) < 4.78 is 5.26. The summed E-state index contributed by atoms with van der Waals surface area (Å²) in [6.45, 7) is 13.4. The minimum Gasteiger partial charge on any atom is -0.444 e. The van der Waals surface area contributed by atoms with Crippen molar-refractivity contribution in [1.29, 1.82) is 0 Å². The Morgan fingerprint density at radius 2 is 1.76 bits per heavy atom. The lowest BCUT2D eigenvalue weighted by molar-refractivity contribution is 0.0500. The zero-order valence-electron chi connectivity index (χ0n) is 14.6. The molecule has 0 aliphatic rings. The molecule has 1 atom stereocenters. The number of ether oxygens (including phenoxy) is 1. The van der Waals surface area contributed by atoms with Crippen LogP contribution < -0.4 is 10.6 Å². The number of hydrogen-bond acceptors (Lipinski definition) is 4. The maximum absolute atomic E-state index is 11.8. The fourth-order valence-electron chi connectivity index (χ4n) is 2.06. The van der Waals surface area contributed by atoms with E-state index in [2.05, 4.69) is 24.5 Å². The van der Waals surface area contributed by atoms with Gasteiger partial charge in [-0.3, -0.25) is 0 Å². The molecule has 126 valence electrons. The van der Waals surface area contributed by atoms with Crippen LogP contribution in [0.5, 0.6) is 0 Å². The van der Waals surface area contributed by atoms with Crippen molar-refractivity contribution in [3.05, 3.63) is 0 Å². The third kappa shape index (κ3) is 8.27. The van der Waals surface area contributed by atoms with Crippen molar-refractivity contribution < 1.29 is 14.6 Å². The lowest BCUT2D eigenvalue weighted by Gasteiger charge is -2.30. The van der Waals surface area contributed by atoms with Gasteiger partial charge in [0.05, 0.1) is 0 Å². The van der Waals surface area contributed by atoms with Crippen molar-refractivity contribution in [3.8, 4) is 0 Å². The molecule has 1 amide bonds. The topological polar surface area (TPSA) is 70.6 Å². The van der Waals surface area contributed by atoms with Crippen LogP contribution in [0.2, 0.25) is 0 Å². The molecule has 0 bridgehead atoms. The van der Waals surface area contributed by atoms with Gasteiger partial charge in [0.15, 0.2) is 0 Å². The molecular formula is C16H34N2O3. The molecule has 21 heavy (non-hydrogen) atoms. The highest BCUT2D eigenvalue weighted by Crippen LogP contribution is 2.24. The van der Waals surface area contributed by atoms with E-state index in [1.807, 2.05) is 27.7 Å². The Labute approximate surface area is 129 Å². The molecule has 0 saturated carbocycles. The van der Waals surface area contributed by atoms with Gasteiger partial charge in [-0.1, -0.05) is 20.8 Å². The van der Waals surface area contributed by atoms with Crippen LogP contribution in [0.4, 0.5) is 4.79 Å². The predicted octanol–water partition coefficient (Wildman–Crippen LogP) is 2.68. The van der Waals surface area contributed by atoms with E-state index in [4.69, 9.17) is 4.74 Å². The van der Waals surface area contributed by atoms with Gasteiger partial charge < -0.3 is 20.5 Å². The fraction of sp³-hybridized carbons (Fsp3) is 0.938. The number of nitrogens with one attached hydrogen (secondary N) is 2. The summed E-state index contributed by atoms with van der Waals surface area (Å²) in [6.07, 6.45) is 2.32. The van der Waals surface area contributed by atoms with E-state index >= 15 is 0 Å². The first-order valence-corrected chi connectivity index (χ1v) is 8.03. The highest BCUT2D eigenvalue weighted by molar-refractivity contribution is 5.68. The molecule has 0 heterocycles. The van der Waals surface area contributed by atoms with Gasteiger partial charge in [-0.2, -0.15) is 0 Å². The Kier molecular flexibility index (Phi) is 8.90. The Balaban J connectivity index is 4.25. The fourth-order valence-corrected chi connectivity index (χ4v) is 2.06. The third-order valence-electron chi connectivity index (χ3n) is 3.94. The second kappa shape index (κ2) is 9.26. The summed E-state index contributed by atoms with van der Waals surface area (Å²) in [5.74, 6) is 0. The van der Waals surface area contributed by atoms with E-state index < -0.39 is 5.60 Å². The summed E-state index contributed by atoms with van der Waals surface area (Å²) in [5, 5.41) is 15.8. The summed E-state index contributed by atoms with van der Waals surface area (Å²) in [4.78, 5) is 11.8. The number of rotatable bonds is 9. The Bertz CT molecular complexity index is 288. The van der Waals surface area contributed by atoms with Crippen LogP contribution in [-0.4, -0.2) is 42.5 Å². The number of carbonyl (C=O) groups excluding carboxylic acids is 1. The average Bonchev–Trinajstić information content (AvgIpc) is 2.41. The average molecular weight is 302 g/mol. The lowest BCUT2D eigenvalue weighted by atomic mass is 9.83. The van der Waals surface area contributed by atoms with Gasteiger partial charge in [-0.25, -0.2) is 4.79 Å². The van der Waals surface area contributed by atoms with Crippen molar-refractivity contribution >= 4 is 6.09 Å². The maximum atomic E-state index is 11.8. The lowest BCUT2D eigenvalue weighted by Crippen LogP contribution is -2.46. The van der Waals surface area contributed by atoms with E-state index in [1.165, 1.54) is 0 Å². The monoisotopic (exact) mass is 302 g/mol. The Hall–Kier alpha value is -0.810. The molecule has 0 aromatic rings. The zero-order valence-corrected chi connectivity index (χ0v) is 14.6. The quantitative estimate of drug-likeness (QED) is 0.612. The van der Waals surface area contributed by atoms with Crippen molar-refractivity contribution in [2.45, 2.75) is 72.4 Å². The zero-order chi connectivity index (χ0) is 16.5. The number of carbonyl (C=O) groups is 1. The van der Waals surface area contributed by atoms with Gasteiger partial charge >= 0.3 is 6.09 Å². The van der Waals surface area contributed by atoms with Crippen molar-refractivity contribution in [2.75, 3.05) is 19.7 Å².